The van der Waals surface area contributed by atoms with Crippen LogP contribution >= 0.6 is 0 Å². The van der Waals surface area contributed by atoms with E-state index in [-0.39, 0.29) is 12.3 Å². The molecule has 0 saturated heterocycles. The van der Waals surface area contributed by atoms with E-state index < -0.39 is 12.7 Å². The molecular formula is C8H9F3N2O. The molecule has 0 fully saturated rings. The highest BCUT2D eigenvalue weighted by molar-refractivity contribution is 5.17. The number of alkyl halides is 3. The van der Waals surface area contributed by atoms with Gasteiger partial charge in [0.15, 0.2) is 0 Å². The monoisotopic (exact) mass is 206 g/mol. The summed E-state index contributed by atoms with van der Waals surface area (Å²) in [5, 5.41) is 11.0. The Hall–Kier alpha value is -1.30. The lowest BCUT2D eigenvalue weighted by Crippen LogP contribution is -2.28. The van der Waals surface area contributed by atoms with Crippen LogP contribution in [-0.4, -0.2) is 22.8 Å². The van der Waals surface area contributed by atoms with E-state index in [1.807, 2.05) is 0 Å². The largest absolute Gasteiger partial charge is 0.506 e. The third-order valence-corrected chi connectivity index (χ3v) is 1.44. The molecule has 0 aliphatic heterocycles. The van der Waals surface area contributed by atoms with Crippen LogP contribution in [0.2, 0.25) is 0 Å². The molecule has 0 aromatic carbocycles. The minimum Gasteiger partial charge on any atom is -0.506 e. The van der Waals surface area contributed by atoms with Gasteiger partial charge in [0.25, 0.3) is 0 Å². The number of hydrogen-bond acceptors (Lipinski definition) is 3. The van der Waals surface area contributed by atoms with Gasteiger partial charge in [-0.2, -0.15) is 13.2 Å². The van der Waals surface area contributed by atoms with Crippen molar-refractivity contribution in [2.75, 3.05) is 6.54 Å². The average molecular weight is 206 g/mol. The van der Waals surface area contributed by atoms with Gasteiger partial charge in [0.2, 0.25) is 0 Å². The standard InChI is InChI=1S/C8H9F3N2O/c9-8(10,11)5-12-3-6-1-2-7(14)4-13-6/h1-2,4,12,14H,3,5H2. The quantitative estimate of drug-likeness (QED) is 0.786. The number of aromatic hydroxyl groups is 1. The summed E-state index contributed by atoms with van der Waals surface area (Å²) in [6, 6.07) is 2.83. The van der Waals surface area contributed by atoms with Crippen molar-refractivity contribution in [3.8, 4) is 5.75 Å². The van der Waals surface area contributed by atoms with E-state index in [1.165, 1.54) is 18.3 Å². The van der Waals surface area contributed by atoms with Crippen LogP contribution in [0, 0.1) is 0 Å². The molecule has 14 heavy (non-hydrogen) atoms. The molecule has 0 radical (unpaired) electrons. The van der Waals surface area contributed by atoms with Gasteiger partial charge in [-0.05, 0) is 12.1 Å². The summed E-state index contributed by atoms with van der Waals surface area (Å²) < 4.78 is 35.1. The van der Waals surface area contributed by atoms with Gasteiger partial charge in [-0.1, -0.05) is 0 Å². The molecule has 1 aromatic heterocycles. The Bertz CT molecular complexity index is 284. The van der Waals surface area contributed by atoms with Crippen LogP contribution in [-0.2, 0) is 6.54 Å². The summed E-state index contributed by atoms with van der Waals surface area (Å²) in [5.74, 6) is -0.00966. The summed E-state index contributed by atoms with van der Waals surface area (Å²) in [5.41, 5.74) is 0.451. The summed E-state index contributed by atoms with van der Waals surface area (Å²) in [6.45, 7) is -1.02. The maximum atomic E-state index is 11.7. The number of halogens is 3. The molecule has 0 bridgehead atoms. The van der Waals surface area contributed by atoms with E-state index >= 15 is 0 Å². The summed E-state index contributed by atoms with van der Waals surface area (Å²) in [7, 11) is 0. The van der Waals surface area contributed by atoms with E-state index in [0.717, 1.165) is 0 Å². The van der Waals surface area contributed by atoms with Crippen molar-refractivity contribution in [2.45, 2.75) is 12.7 Å². The molecule has 0 aliphatic carbocycles. The zero-order valence-corrected chi connectivity index (χ0v) is 7.17. The van der Waals surface area contributed by atoms with Gasteiger partial charge in [0, 0.05) is 6.54 Å². The molecular weight excluding hydrogens is 197 g/mol. The zero-order valence-electron chi connectivity index (χ0n) is 7.17. The van der Waals surface area contributed by atoms with E-state index in [4.69, 9.17) is 5.11 Å². The SMILES string of the molecule is Oc1ccc(CNCC(F)(F)F)nc1. The van der Waals surface area contributed by atoms with Gasteiger partial charge in [-0.25, -0.2) is 0 Å². The molecule has 78 valence electrons. The molecule has 2 N–H and O–H groups in total. The molecule has 1 heterocycles. The van der Waals surface area contributed by atoms with Crippen molar-refractivity contribution < 1.29 is 18.3 Å². The van der Waals surface area contributed by atoms with E-state index in [9.17, 15) is 13.2 Å². The summed E-state index contributed by atoms with van der Waals surface area (Å²) in [4.78, 5) is 3.72. The normalized spacial score (nSPS) is 11.6. The van der Waals surface area contributed by atoms with Gasteiger partial charge in [-0.3, -0.25) is 4.98 Å². The molecule has 0 spiro atoms. The van der Waals surface area contributed by atoms with Gasteiger partial charge in [0.1, 0.15) is 5.75 Å². The van der Waals surface area contributed by atoms with Crippen molar-refractivity contribution in [1.29, 1.82) is 0 Å². The first-order valence-electron chi connectivity index (χ1n) is 3.89. The Morgan fingerprint density at radius 1 is 1.36 bits per heavy atom. The molecule has 0 atom stereocenters. The van der Waals surface area contributed by atoms with Crippen molar-refractivity contribution in [3.63, 3.8) is 0 Å². The molecule has 0 unspecified atom stereocenters. The van der Waals surface area contributed by atoms with Crippen LogP contribution in [0.25, 0.3) is 0 Å². The van der Waals surface area contributed by atoms with Crippen LogP contribution in [0.1, 0.15) is 5.69 Å². The molecule has 1 aromatic rings. The first-order valence-corrected chi connectivity index (χ1v) is 3.89. The lowest BCUT2D eigenvalue weighted by molar-refractivity contribution is -0.125. The second kappa shape index (κ2) is 4.28. The van der Waals surface area contributed by atoms with Crippen LogP contribution in [0.5, 0.6) is 5.75 Å². The Labute approximate surface area is 78.6 Å². The second-order valence-corrected chi connectivity index (χ2v) is 2.73. The number of rotatable bonds is 3. The Kier molecular flexibility index (Phi) is 3.29. The van der Waals surface area contributed by atoms with Crippen LogP contribution in [0.3, 0.4) is 0 Å². The fourth-order valence-electron chi connectivity index (χ4n) is 0.854. The molecule has 0 saturated carbocycles. The van der Waals surface area contributed by atoms with Gasteiger partial charge < -0.3 is 10.4 Å². The van der Waals surface area contributed by atoms with Gasteiger partial charge in [0.05, 0.1) is 18.4 Å². The molecule has 3 nitrogen and oxygen atoms in total. The van der Waals surface area contributed by atoms with Crippen molar-refractivity contribution >= 4 is 0 Å². The minimum atomic E-state index is -4.21. The maximum Gasteiger partial charge on any atom is 0.401 e. The van der Waals surface area contributed by atoms with E-state index in [1.54, 1.807) is 0 Å². The third-order valence-electron chi connectivity index (χ3n) is 1.44. The van der Waals surface area contributed by atoms with Gasteiger partial charge in [-0.15, -0.1) is 0 Å². The molecule has 0 amide bonds. The second-order valence-electron chi connectivity index (χ2n) is 2.73. The molecule has 1 rings (SSSR count). The Morgan fingerprint density at radius 3 is 2.57 bits per heavy atom. The maximum absolute atomic E-state index is 11.7. The number of pyridine rings is 1. The summed E-state index contributed by atoms with van der Waals surface area (Å²) >= 11 is 0. The predicted molar refractivity (Wildman–Crippen MR) is 43.7 cm³/mol. The minimum absolute atomic E-state index is 0.00966. The Morgan fingerprint density at radius 2 is 2.07 bits per heavy atom. The van der Waals surface area contributed by atoms with E-state index in [2.05, 4.69) is 10.3 Å². The number of aromatic nitrogens is 1. The Balaban J connectivity index is 2.35. The fraction of sp³-hybridized carbons (Fsp3) is 0.375. The number of nitrogens with zero attached hydrogens (tertiary/aromatic N) is 1. The van der Waals surface area contributed by atoms with Crippen molar-refractivity contribution in [3.05, 3.63) is 24.0 Å². The molecule has 6 heteroatoms. The lowest BCUT2D eigenvalue weighted by Gasteiger charge is -2.07. The van der Waals surface area contributed by atoms with Crippen molar-refractivity contribution in [1.82, 2.24) is 10.3 Å². The first kappa shape index (κ1) is 10.8. The van der Waals surface area contributed by atoms with Crippen LogP contribution in [0.15, 0.2) is 18.3 Å². The third kappa shape index (κ3) is 4.08. The highest BCUT2D eigenvalue weighted by atomic mass is 19.4. The summed E-state index contributed by atoms with van der Waals surface area (Å²) in [6.07, 6.45) is -3.03. The van der Waals surface area contributed by atoms with Gasteiger partial charge >= 0.3 is 6.18 Å². The highest BCUT2D eigenvalue weighted by Crippen LogP contribution is 2.12. The predicted octanol–water partition coefficient (Wildman–Crippen LogP) is 1.44. The highest BCUT2D eigenvalue weighted by Gasteiger charge is 2.26. The number of nitrogens with one attached hydrogen (secondary N) is 1. The molecule has 0 aliphatic rings. The fourth-order valence-corrected chi connectivity index (χ4v) is 0.854. The smallest absolute Gasteiger partial charge is 0.401 e. The first-order chi connectivity index (χ1) is 6.47. The topological polar surface area (TPSA) is 45.1 Å². The average Bonchev–Trinajstić information content (AvgIpc) is 2.06. The van der Waals surface area contributed by atoms with Crippen LogP contribution < -0.4 is 5.32 Å². The van der Waals surface area contributed by atoms with Crippen molar-refractivity contribution in [2.24, 2.45) is 0 Å². The van der Waals surface area contributed by atoms with Crippen LogP contribution in [0.4, 0.5) is 13.2 Å². The zero-order chi connectivity index (χ0) is 10.6. The lowest BCUT2D eigenvalue weighted by atomic mass is 10.3. The number of hydrogen-bond donors (Lipinski definition) is 2. The van der Waals surface area contributed by atoms with E-state index in [0.29, 0.717) is 5.69 Å².